The van der Waals surface area contributed by atoms with E-state index in [2.05, 4.69) is 10.1 Å². The van der Waals surface area contributed by atoms with E-state index in [9.17, 15) is 4.39 Å². The summed E-state index contributed by atoms with van der Waals surface area (Å²) < 4.78 is 18.4. The second-order valence-electron chi connectivity index (χ2n) is 4.45. The molecule has 5 nitrogen and oxygen atoms in total. The molecule has 104 valence electrons. The van der Waals surface area contributed by atoms with Crippen molar-refractivity contribution in [1.82, 2.24) is 10.1 Å². The minimum absolute atomic E-state index is 0.255. The highest BCUT2D eigenvalue weighted by Crippen LogP contribution is 2.27. The molecule has 0 radical (unpaired) electrons. The van der Waals surface area contributed by atoms with E-state index in [4.69, 9.17) is 15.0 Å². The van der Waals surface area contributed by atoms with Gasteiger partial charge in [0, 0.05) is 23.4 Å². The number of hydrogen-bond donors (Lipinski definition) is 0. The summed E-state index contributed by atoms with van der Waals surface area (Å²) in [6.45, 7) is 0. The summed E-state index contributed by atoms with van der Waals surface area (Å²) in [6.07, 6.45) is 2.58. The summed E-state index contributed by atoms with van der Waals surface area (Å²) in [5, 5.41) is 21.8. The van der Waals surface area contributed by atoms with Gasteiger partial charge in [-0.15, -0.1) is 0 Å². The maximum Gasteiger partial charge on any atom is 0.167 e. The highest BCUT2D eigenvalue weighted by molar-refractivity contribution is 5.68. The lowest BCUT2D eigenvalue weighted by atomic mass is 10.0. The minimum Gasteiger partial charge on any atom is -0.356 e. The third kappa shape index (κ3) is 2.41. The van der Waals surface area contributed by atoms with Crippen LogP contribution in [0.1, 0.15) is 11.1 Å². The molecule has 0 saturated heterocycles. The Hall–Kier alpha value is -3.51. The molecule has 0 amide bonds. The lowest BCUT2D eigenvalue weighted by Gasteiger charge is -1.97. The first kappa shape index (κ1) is 13.5. The molecule has 0 aliphatic rings. The molecule has 3 rings (SSSR count). The second-order valence-corrected chi connectivity index (χ2v) is 4.45. The smallest absolute Gasteiger partial charge is 0.167 e. The lowest BCUT2D eigenvalue weighted by Crippen LogP contribution is -1.84. The molecule has 0 aliphatic carbocycles. The van der Waals surface area contributed by atoms with E-state index in [1.807, 2.05) is 12.1 Å². The average molecular weight is 290 g/mol. The molecule has 0 fully saturated rings. The van der Waals surface area contributed by atoms with Gasteiger partial charge in [0.25, 0.3) is 0 Å². The van der Waals surface area contributed by atoms with Gasteiger partial charge in [0.05, 0.1) is 17.3 Å². The topological polar surface area (TPSA) is 86.5 Å². The Bertz CT molecular complexity index is 934. The highest BCUT2D eigenvalue weighted by Gasteiger charge is 2.11. The van der Waals surface area contributed by atoms with Crippen molar-refractivity contribution < 1.29 is 8.91 Å². The first-order valence-electron chi connectivity index (χ1n) is 6.23. The molecule has 0 unspecified atom stereocenters. The fourth-order valence-electron chi connectivity index (χ4n) is 1.99. The Morgan fingerprint density at radius 2 is 1.77 bits per heavy atom. The quantitative estimate of drug-likeness (QED) is 0.722. The summed E-state index contributed by atoms with van der Waals surface area (Å²) in [6, 6.07) is 11.6. The standard InChI is InChI=1S/C16H7FN4O/c17-14-4-13(8-20-9-14)15-5-16(22-21-15)10-1-2-11(6-18)12(3-10)7-19/h1-5,8-9H. The van der Waals surface area contributed by atoms with Gasteiger partial charge in [-0.05, 0) is 24.3 Å². The van der Waals surface area contributed by atoms with Crippen LogP contribution in [-0.4, -0.2) is 10.1 Å². The van der Waals surface area contributed by atoms with Crippen molar-refractivity contribution in [3.63, 3.8) is 0 Å². The zero-order valence-electron chi connectivity index (χ0n) is 11.1. The number of halogens is 1. The molecule has 2 aromatic heterocycles. The fraction of sp³-hybridized carbons (Fsp3) is 0. The molecule has 0 N–H and O–H groups in total. The first-order valence-corrected chi connectivity index (χ1v) is 6.23. The van der Waals surface area contributed by atoms with E-state index in [-0.39, 0.29) is 5.56 Å². The zero-order chi connectivity index (χ0) is 15.5. The van der Waals surface area contributed by atoms with Crippen LogP contribution >= 0.6 is 0 Å². The number of pyridine rings is 1. The Labute approximate surface area is 124 Å². The maximum atomic E-state index is 13.2. The van der Waals surface area contributed by atoms with Crippen molar-refractivity contribution in [2.24, 2.45) is 0 Å². The molecule has 0 aliphatic heterocycles. The summed E-state index contributed by atoms with van der Waals surface area (Å²) in [5.74, 6) is -0.0487. The monoisotopic (exact) mass is 290 g/mol. The van der Waals surface area contributed by atoms with Crippen LogP contribution in [0.4, 0.5) is 4.39 Å². The molecule has 0 saturated carbocycles. The predicted molar refractivity (Wildman–Crippen MR) is 74.6 cm³/mol. The minimum atomic E-state index is -0.466. The zero-order valence-corrected chi connectivity index (χ0v) is 11.1. The van der Waals surface area contributed by atoms with Gasteiger partial charge in [-0.25, -0.2) is 4.39 Å². The number of nitriles is 2. The summed E-state index contributed by atoms with van der Waals surface area (Å²) in [4.78, 5) is 3.76. The highest BCUT2D eigenvalue weighted by atomic mass is 19.1. The van der Waals surface area contributed by atoms with Crippen molar-refractivity contribution >= 4 is 0 Å². The molecule has 1 aromatic carbocycles. The van der Waals surface area contributed by atoms with Gasteiger partial charge < -0.3 is 4.52 Å². The maximum absolute atomic E-state index is 13.2. The van der Waals surface area contributed by atoms with Gasteiger partial charge in [0.15, 0.2) is 5.76 Å². The summed E-state index contributed by atoms with van der Waals surface area (Å²) >= 11 is 0. The average Bonchev–Trinajstić information content (AvgIpc) is 3.04. The van der Waals surface area contributed by atoms with E-state index < -0.39 is 5.82 Å². The molecule has 0 atom stereocenters. The molecule has 6 heteroatoms. The molecular weight excluding hydrogens is 283 g/mol. The Morgan fingerprint density at radius 3 is 2.50 bits per heavy atom. The van der Waals surface area contributed by atoms with Crippen molar-refractivity contribution in [3.8, 4) is 34.7 Å². The van der Waals surface area contributed by atoms with Crippen LogP contribution in [0.25, 0.3) is 22.6 Å². The van der Waals surface area contributed by atoms with Crippen LogP contribution in [0.5, 0.6) is 0 Å². The van der Waals surface area contributed by atoms with Gasteiger partial charge in [-0.2, -0.15) is 10.5 Å². The normalized spacial score (nSPS) is 9.95. The third-order valence-corrected chi connectivity index (χ3v) is 3.06. The van der Waals surface area contributed by atoms with E-state index >= 15 is 0 Å². The van der Waals surface area contributed by atoms with Crippen LogP contribution < -0.4 is 0 Å². The number of nitrogens with zero attached hydrogens (tertiary/aromatic N) is 4. The van der Waals surface area contributed by atoms with Gasteiger partial charge >= 0.3 is 0 Å². The van der Waals surface area contributed by atoms with Crippen LogP contribution in [0.3, 0.4) is 0 Å². The lowest BCUT2D eigenvalue weighted by molar-refractivity contribution is 0.435. The number of aromatic nitrogens is 2. The van der Waals surface area contributed by atoms with Gasteiger partial charge in [0.1, 0.15) is 23.6 Å². The number of rotatable bonds is 2. The Balaban J connectivity index is 2.02. The van der Waals surface area contributed by atoms with E-state index in [0.29, 0.717) is 28.1 Å². The van der Waals surface area contributed by atoms with Crippen LogP contribution in [0.2, 0.25) is 0 Å². The van der Waals surface area contributed by atoms with Gasteiger partial charge in [0.2, 0.25) is 0 Å². The van der Waals surface area contributed by atoms with E-state index in [1.54, 1.807) is 24.3 Å². The summed E-state index contributed by atoms with van der Waals surface area (Å²) in [5.41, 5.74) is 2.08. The van der Waals surface area contributed by atoms with E-state index in [0.717, 1.165) is 6.20 Å². The molecule has 0 bridgehead atoms. The van der Waals surface area contributed by atoms with Crippen LogP contribution in [-0.2, 0) is 0 Å². The SMILES string of the molecule is N#Cc1ccc(-c2cc(-c3cncc(F)c3)no2)cc1C#N. The molecule has 2 heterocycles. The molecule has 3 aromatic rings. The molecular formula is C16H7FN4O. The Kier molecular flexibility index (Phi) is 3.35. The van der Waals surface area contributed by atoms with Crippen molar-refractivity contribution in [2.45, 2.75) is 0 Å². The molecule has 0 spiro atoms. The fourth-order valence-corrected chi connectivity index (χ4v) is 1.99. The van der Waals surface area contributed by atoms with Crippen molar-refractivity contribution in [2.75, 3.05) is 0 Å². The Morgan fingerprint density at radius 1 is 0.955 bits per heavy atom. The first-order chi connectivity index (χ1) is 10.7. The van der Waals surface area contributed by atoms with Crippen LogP contribution in [0, 0.1) is 28.5 Å². The van der Waals surface area contributed by atoms with Crippen molar-refractivity contribution in [1.29, 1.82) is 10.5 Å². The summed E-state index contributed by atoms with van der Waals surface area (Å²) in [7, 11) is 0. The predicted octanol–water partition coefficient (Wildman–Crippen LogP) is 3.29. The largest absolute Gasteiger partial charge is 0.356 e. The van der Waals surface area contributed by atoms with Gasteiger partial charge in [-0.1, -0.05) is 5.16 Å². The third-order valence-electron chi connectivity index (χ3n) is 3.06. The number of benzene rings is 1. The second kappa shape index (κ2) is 5.47. The van der Waals surface area contributed by atoms with Gasteiger partial charge in [-0.3, -0.25) is 4.98 Å². The number of hydrogen-bond acceptors (Lipinski definition) is 5. The van der Waals surface area contributed by atoms with E-state index in [1.165, 1.54) is 12.3 Å². The van der Waals surface area contributed by atoms with Crippen LogP contribution in [0.15, 0.2) is 47.2 Å². The van der Waals surface area contributed by atoms with Crippen molar-refractivity contribution in [3.05, 3.63) is 59.7 Å². The molecule has 22 heavy (non-hydrogen) atoms.